The molecule has 1 unspecified atom stereocenters. The van der Waals surface area contributed by atoms with E-state index >= 15 is 0 Å². The minimum atomic E-state index is -0.759. The molecule has 0 saturated heterocycles. The number of carbonyl (C=O) groups excluding carboxylic acids is 1. The molecule has 142 valence electrons. The summed E-state index contributed by atoms with van der Waals surface area (Å²) in [4.78, 5) is 25.6. The first-order valence-electron chi connectivity index (χ1n) is 9.72. The van der Waals surface area contributed by atoms with Crippen molar-refractivity contribution in [3.63, 3.8) is 0 Å². The highest BCUT2D eigenvalue weighted by Crippen LogP contribution is 2.33. The third kappa shape index (κ3) is 5.31. The molecule has 2 N–H and O–H groups in total. The van der Waals surface area contributed by atoms with E-state index in [0.717, 1.165) is 25.8 Å². The zero-order chi connectivity index (χ0) is 18.7. The van der Waals surface area contributed by atoms with Crippen LogP contribution in [0.25, 0.3) is 0 Å². The molecular formula is C21H30N2O3. The molecule has 5 nitrogen and oxygen atoms in total. The predicted octanol–water partition coefficient (Wildman–Crippen LogP) is 2.62. The number of benzene rings is 1. The van der Waals surface area contributed by atoms with Gasteiger partial charge in [-0.05, 0) is 50.5 Å². The maximum absolute atomic E-state index is 12.4. The van der Waals surface area contributed by atoms with Gasteiger partial charge >= 0.3 is 5.97 Å². The number of aliphatic carboxylic acids is 1. The van der Waals surface area contributed by atoms with Crippen LogP contribution in [0.5, 0.6) is 0 Å². The Bertz CT molecular complexity index is 633. The molecule has 0 bridgehead atoms. The largest absolute Gasteiger partial charge is 0.480 e. The summed E-state index contributed by atoms with van der Waals surface area (Å²) in [7, 11) is 0. The summed E-state index contributed by atoms with van der Waals surface area (Å²) in [6.45, 7) is 5.03. The van der Waals surface area contributed by atoms with Gasteiger partial charge in [0, 0.05) is 24.5 Å². The first kappa shape index (κ1) is 18.9. The minimum absolute atomic E-state index is 0.0571. The quantitative estimate of drug-likeness (QED) is 0.712. The van der Waals surface area contributed by atoms with Crippen LogP contribution in [0.2, 0.25) is 0 Å². The van der Waals surface area contributed by atoms with Gasteiger partial charge in [-0.1, -0.05) is 36.8 Å². The van der Waals surface area contributed by atoms with E-state index in [4.69, 9.17) is 5.11 Å². The molecule has 1 aromatic carbocycles. The summed E-state index contributed by atoms with van der Waals surface area (Å²) in [5.41, 5.74) is 2.41. The zero-order valence-electron chi connectivity index (χ0n) is 15.8. The van der Waals surface area contributed by atoms with Crippen molar-refractivity contribution in [2.24, 2.45) is 11.8 Å². The smallest absolute Gasteiger partial charge is 0.317 e. The number of nitrogens with zero attached hydrogens (tertiary/aromatic N) is 1. The first-order valence-corrected chi connectivity index (χ1v) is 9.72. The summed E-state index contributed by atoms with van der Waals surface area (Å²) < 4.78 is 0. The molecule has 3 rings (SSSR count). The maximum atomic E-state index is 12.4. The summed E-state index contributed by atoms with van der Waals surface area (Å²) in [5, 5.41) is 12.3. The summed E-state index contributed by atoms with van der Waals surface area (Å²) in [5.74, 6) is -0.0401. The van der Waals surface area contributed by atoms with Crippen LogP contribution in [0.15, 0.2) is 24.3 Å². The Kier molecular flexibility index (Phi) is 5.97. The molecule has 1 aromatic rings. The van der Waals surface area contributed by atoms with Gasteiger partial charge in [0.15, 0.2) is 0 Å². The third-order valence-electron chi connectivity index (χ3n) is 5.61. The average molecular weight is 358 g/mol. The number of hydrogen-bond acceptors (Lipinski definition) is 3. The fraction of sp³-hybridized carbons (Fsp3) is 0.619. The van der Waals surface area contributed by atoms with Crippen LogP contribution in [-0.2, 0) is 16.0 Å². The standard InChI is InChI=1S/C21H30N2O3/c1-14-3-5-16(6-4-14)9-15(2)21(26)22-18-10-19(11-18)23(13-20(24)25)12-17-7-8-17/h3-6,15,17-19H,7-13H2,1-2H3,(H,22,26)(H,24,25). The first-order chi connectivity index (χ1) is 12.4. The van der Waals surface area contributed by atoms with Crippen molar-refractivity contribution >= 4 is 11.9 Å². The van der Waals surface area contributed by atoms with E-state index in [1.54, 1.807) is 0 Å². The van der Waals surface area contributed by atoms with Crippen LogP contribution in [-0.4, -0.2) is 47.1 Å². The second kappa shape index (κ2) is 8.21. The molecule has 0 spiro atoms. The van der Waals surface area contributed by atoms with Crippen LogP contribution >= 0.6 is 0 Å². The molecule has 2 fully saturated rings. The lowest BCUT2D eigenvalue weighted by atomic mass is 9.84. The number of nitrogens with one attached hydrogen (secondary N) is 1. The van der Waals surface area contributed by atoms with E-state index in [1.807, 2.05) is 6.92 Å². The predicted molar refractivity (Wildman–Crippen MR) is 101 cm³/mol. The molecule has 0 heterocycles. The Morgan fingerprint density at radius 1 is 1.23 bits per heavy atom. The topological polar surface area (TPSA) is 69.6 Å². The van der Waals surface area contributed by atoms with E-state index in [-0.39, 0.29) is 24.4 Å². The van der Waals surface area contributed by atoms with E-state index in [1.165, 1.54) is 24.0 Å². The van der Waals surface area contributed by atoms with E-state index in [2.05, 4.69) is 41.4 Å². The van der Waals surface area contributed by atoms with Gasteiger partial charge < -0.3 is 10.4 Å². The monoisotopic (exact) mass is 358 g/mol. The van der Waals surface area contributed by atoms with Crippen LogP contribution in [0.1, 0.15) is 43.7 Å². The molecule has 0 aliphatic heterocycles. The van der Waals surface area contributed by atoms with E-state index < -0.39 is 5.97 Å². The second-order valence-corrected chi connectivity index (χ2v) is 8.19. The SMILES string of the molecule is Cc1ccc(CC(C)C(=O)NC2CC(N(CC(=O)O)CC3CC3)C2)cc1. The number of aryl methyl sites for hydroxylation is 1. The Morgan fingerprint density at radius 3 is 2.46 bits per heavy atom. The number of hydrogen-bond donors (Lipinski definition) is 2. The van der Waals surface area contributed by atoms with Gasteiger partial charge in [0.1, 0.15) is 0 Å². The lowest BCUT2D eigenvalue weighted by molar-refractivity contribution is -0.140. The molecule has 2 saturated carbocycles. The van der Waals surface area contributed by atoms with Gasteiger partial charge in [0.25, 0.3) is 0 Å². The van der Waals surface area contributed by atoms with Crippen molar-refractivity contribution in [3.8, 4) is 0 Å². The molecule has 1 amide bonds. The molecule has 26 heavy (non-hydrogen) atoms. The van der Waals surface area contributed by atoms with E-state index in [0.29, 0.717) is 12.0 Å². The van der Waals surface area contributed by atoms with Gasteiger partial charge in [-0.25, -0.2) is 0 Å². The Labute approximate surface area is 155 Å². The Balaban J connectivity index is 1.42. The Hall–Kier alpha value is -1.88. The molecule has 0 radical (unpaired) electrons. The summed E-state index contributed by atoms with van der Waals surface area (Å²) in [6, 6.07) is 8.80. The van der Waals surface area contributed by atoms with Crippen molar-refractivity contribution in [1.29, 1.82) is 0 Å². The van der Waals surface area contributed by atoms with Crippen LogP contribution in [0, 0.1) is 18.8 Å². The van der Waals surface area contributed by atoms with E-state index in [9.17, 15) is 9.59 Å². The van der Waals surface area contributed by atoms with Crippen molar-refractivity contribution in [2.45, 2.75) is 58.0 Å². The lowest BCUT2D eigenvalue weighted by Crippen LogP contribution is -2.56. The van der Waals surface area contributed by atoms with Crippen molar-refractivity contribution < 1.29 is 14.7 Å². The van der Waals surface area contributed by atoms with Crippen LogP contribution < -0.4 is 5.32 Å². The van der Waals surface area contributed by atoms with Gasteiger partial charge in [-0.2, -0.15) is 0 Å². The number of rotatable bonds is 9. The minimum Gasteiger partial charge on any atom is -0.480 e. The fourth-order valence-electron chi connectivity index (χ4n) is 3.67. The molecule has 2 aliphatic rings. The van der Waals surface area contributed by atoms with Gasteiger partial charge in [-0.3, -0.25) is 14.5 Å². The van der Waals surface area contributed by atoms with Crippen LogP contribution in [0.4, 0.5) is 0 Å². The van der Waals surface area contributed by atoms with Gasteiger partial charge in [0.05, 0.1) is 6.54 Å². The van der Waals surface area contributed by atoms with Gasteiger partial charge in [-0.15, -0.1) is 0 Å². The van der Waals surface area contributed by atoms with Gasteiger partial charge in [0.2, 0.25) is 5.91 Å². The second-order valence-electron chi connectivity index (χ2n) is 8.19. The van der Waals surface area contributed by atoms with Crippen molar-refractivity contribution in [2.75, 3.05) is 13.1 Å². The maximum Gasteiger partial charge on any atom is 0.317 e. The third-order valence-corrected chi connectivity index (χ3v) is 5.61. The lowest BCUT2D eigenvalue weighted by Gasteiger charge is -2.43. The highest BCUT2D eigenvalue weighted by atomic mass is 16.4. The fourth-order valence-corrected chi connectivity index (χ4v) is 3.67. The molecule has 0 aromatic heterocycles. The van der Waals surface area contributed by atoms with Crippen molar-refractivity contribution in [3.05, 3.63) is 35.4 Å². The number of amides is 1. The molecule has 1 atom stereocenters. The number of carboxylic acids is 1. The number of carboxylic acid groups (broad SMARTS) is 1. The molecule has 2 aliphatic carbocycles. The highest BCUT2D eigenvalue weighted by molar-refractivity contribution is 5.79. The average Bonchev–Trinajstić information content (AvgIpc) is 3.35. The normalized spacial score (nSPS) is 23.3. The number of carbonyl (C=O) groups is 2. The summed E-state index contributed by atoms with van der Waals surface area (Å²) >= 11 is 0. The summed E-state index contributed by atoms with van der Waals surface area (Å²) in [6.07, 6.45) is 4.92. The molecular weight excluding hydrogens is 328 g/mol. The zero-order valence-corrected chi connectivity index (χ0v) is 15.8. The van der Waals surface area contributed by atoms with Crippen LogP contribution in [0.3, 0.4) is 0 Å². The Morgan fingerprint density at radius 2 is 1.88 bits per heavy atom. The van der Waals surface area contributed by atoms with Crippen molar-refractivity contribution in [1.82, 2.24) is 10.2 Å². The highest BCUT2D eigenvalue weighted by Gasteiger charge is 2.38. The molecule has 5 heteroatoms.